The van der Waals surface area contributed by atoms with E-state index in [9.17, 15) is 9.59 Å². The van der Waals surface area contributed by atoms with Gasteiger partial charge in [-0.15, -0.1) is 29.3 Å². The van der Waals surface area contributed by atoms with E-state index in [1.165, 1.54) is 34.4 Å². The van der Waals surface area contributed by atoms with Crippen molar-refractivity contribution in [2.45, 2.75) is 31.3 Å². The number of nitrogens with zero attached hydrogens (tertiary/aromatic N) is 3. The molecule has 0 radical (unpaired) electrons. The second-order valence-electron chi connectivity index (χ2n) is 7.56. The van der Waals surface area contributed by atoms with Crippen LogP contribution < -0.4 is 11.1 Å². The normalized spacial score (nSPS) is 11.5. The highest BCUT2D eigenvalue weighted by Crippen LogP contribution is 2.32. The number of nitrogens with one attached hydrogen (secondary N) is 1. The maximum absolute atomic E-state index is 13.1. The van der Waals surface area contributed by atoms with Gasteiger partial charge in [0.25, 0.3) is 11.1 Å². The van der Waals surface area contributed by atoms with Crippen molar-refractivity contribution in [1.29, 1.82) is 0 Å². The fraction of sp³-hybridized carbons (Fsp3) is 0.167. The first-order valence-corrected chi connectivity index (χ1v) is 13.0. The molecule has 0 bridgehead atoms. The molecular weight excluding hydrogens is 472 g/mol. The summed E-state index contributed by atoms with van der Waals surface area (Å²) >= 11 is 4.37. The summed E-state index contributed by atoms with van der Waals surface area (Å²) in [6.07, 6.45) is 1.69. The number of benzene rings is 1. The number of aromatic amines is 1. The van der Waals surface area contributed by atoms with Crippen LogP contribution in [0.4, 0.5) is 0 Å². The van der Waals surface area contributed by atoms with E-state index < -0.39 is 0 Å². The van der Waals surface area contributed by atoms with Crippen LogP contribution in [0.15, 0.2) is 63.1 Å². The van der Waals surface area contributed by atoms with Crippen LogP contribution in [0.2, 0.25) is 0 Å². The second kappa shape index (κ2) is 8.74. The molecule has 4 aromatic heterocycles. The van der Waals surface area contributed by atoms with Crippen molar-refractivity contribution in [2.24, 2.45) is 0 Å². The number of allylic oxidation sites excluding steroid dienone is 1. The number of thioether (sulfide) groups is 1. The van der Waals surface area contributed by atoms with Crippen molar-refractivity contribution < 1.29 is 0 Å². The molecule has 0 atom stereocenters. The summed E-state index contributed by atoms with van der Waals surface area (Å²) in [7, 11) is 0. The number of thiophene rings is 2. The van der Waals surface area contributed by atoms with Crippen molar-refractivity contribution in [2.75, 3.05) is 0 Å². The summed E-state index contributed by atoms with van der Waals surface area (Å²) in [6, 6.07) is 9.83. The molecule has 1 aromatic carbocycles. The van der Waals surface area contributed by atoms with Gasteiger partial charge in [0.05, 0.1) is 16.5 Å². The van der Waals surface area contributed by atoms with Crippen molar-refractivity contribution in [1.82, 2.24) is 19.5 Å². The first kappa shape index (κ1) is 21.8. The van der Waals surface area contributed by atoms with E-state index >= 15 is 0 Å². The molecule has 9 heteroatoms. The van der Waals surface area contributed by atoms with Crippen LogP contribution in [0.1, 0.15) is 16.3 Å². The summed E-state index contributed by atoms with van der Waals surface area (Å²) in [4.78, 5) is 41.0. The van der Waals surface area contributed by atoms with E-state index in [2.05, 4.69) is 16.5 Å². The Labute approximate surface area is 201 Å². The Morgan fingerprint density at radius 3 is 2.67 bits per heavy atom. The Morgan fingerprint density at radius 1 is 1.12 bits per heavy atom. The number of aromatic nitrogens is 4. The minimum absolute atomic E-state index is 0.0630. The third-order valence-corrected chi connectivity index (χ3v) is 8.44. The first-order chi connectivity index (χ1) is 16.0. The lowest BCUT2D eigenvalue weighted by atomic mass is 10.1. The summed E-state index contributed by atoms with van der Waals surface area (Å²) in [5.41, 5.74) is 2.63. The Bertz CT molecular complexity index is 1630. The molecular formula is C24H20N4O2S3. The van der Waals surface area contributed by atoms with Crippen molar-refractivity contribution in [3.8, 4) is 11.1 Å². The molecule has 6 nitrogen and oxygen atoms in total. The van der Waals surface area contributed by atoms with Crippen LogP contribution in [0.25, 0.3) is 31.6 Å². The molecule has 0 fully saturated rings. The standard InChI is InChI=1S/C24H20N4O2S3/c1-4-10-28-23(30)18-13(2)14(3)33-22(18)27-24(28)32-12-17-25-20(29)19-16(11-31-21(19)26-17)15-8-6-5-7-9-15/h4-9,11H,1,10,12H2,2-3H3,(H,25,26,29). The van der Waals surface area contributed by atoms with Gasteiger partial charge in [0.2, 0.25) is 0 Å². The maximum Gasteiger partial charge on any atom is 0.263 e. The van der Waals surface area contributed by atoms with Gasteiger partial charge < -0.3 is 4.98 Å². The molecule has 5 aromatic rings. The average molecular weight is 493 g/mol. The summed E-state index contributed by atoms with van der Waals surface area (Å²) in [5.74, 6) is 0.944. The van der Waals surface area contributed by atoms with E-state index in [-0.39, 0.29) is 11.1 Å². The number of fused-ring (bicyclic) bond motifs is 2. The van der Waals surface area contributed by atoms with Crippen LogP contribution in [-0.2, 0) is 12.3 Å². The van der Waals surface area contributed by atoms with Crippen LogP contribution in [0.5, 0.6) is 0 Å². The van der Waals surface area contributed by atoms with Gasteiger partial charge in [0.15, 0.2) is 5.16 Å². The maximum atomic E-state index is 13.1. The molecule has 0 amide bonds. The molecule has 0 aliphatic carbocycles. The molecule has 4 heterocycles. The average Bonchev–Trinajstić information content (AvgIpc) is 3.36. The van der Waals surface area contributed by atoms with Crippen LogP contribution in [-0.4, -0.2) is 19.5 Å². The Balaban J connectivity index is 1.51. The Morgan fingerprint density at radius 2 is 1.91 bits per heavy atom. The minimum Gasteiger partial charge on any atom is -0.309 e. The second-order valence-corrected chi connectivity index (χ2v) is 10.6. The zero-order chi connectivity index (χ0) is 23.1. The van der Waals surface area contributed by atoms with Crippen molar-refractivity contribution in [3.05, 3.63) is 85.3 Å². The van der Waals surface area contributed by atoms with E-state index in [1.807, 2.05) is 49.6 Å². The third kappa shape index (κ3) is 3.86. The van der Waals surface area contributed by atoms with Gasteiger partial charge in [-0.05, 0) is 25.0 Å². The van der Waals surface area contributed by atoms with Crippen LogP contribution in [0.3, 0.4) is 0 Å². The largest absolute Gasteiger partial charge is 0.309 e. The minimum atomic E-state index is -0.160. The van der Waals surface area contributed by atoms with E-state index in [4.69, 9.17) is 4.98 Å². The molecule has 0 aliphatic heterocycles. The topological polar surface area (TPSA) is 80.6 Å². The molecule has 0 aliphatic rings. The first-order valence-electron chi connectivity index (χ1n) is 10.3. The van der Waals surface area contributed by atoms with Gasteiger partial charge >= 0.3 is 0 Å². The van der Waals surface area contributed by atoms with Crippen LogP contribution >= 0.6 is 34.4 Å². The van der Waals surface area contributed by atoms with Gasteiger partial charge in [-0.2, -0.15) is 0 Å². The molecule has 33 heavy (non-hydrogen) atoms. The molecule has 0 unspecified atom stereocenters. The summed E-state index contributed by atoms with van der Waals surface area (Å²) in [5, 5.41) is 3.83. The van der Waals surface area contributed by atoms with E-state index in [0.717, 1.165) is 26.4 Å². The SMILES string of the molecule is C=CCn1c(SCc2nc3scc(-c4ccccc4)c3c(=O)[nH]2)nc2sc(C)c(C)c2c1=O. The van der Waals surface area contributed by atoms with Gasteiger partial charge in [0.1, 0.15) is 15.5 Å². The molecule has 1 N–H and O–H groups in total. The highest BCUT2D eigenvalue weighted by atomic mass is 32.2. The lowest BCUT2D eigenvalue weighted by Crippen LogP contribution is -2.22. The molecule has 0 saturated carbocycles. The predicted molar refractivity (Wildman–Crippen MR) is 139 cm³/mol. The lowest BCUT2D eigenvalue weighted by Gasteiger charge is -2.10. The smallest absolute Gasteiger partial charge is 0.263 e. The molecule has 0 spiro atoms. The zero-order valence-corrected chi connectivity index (χ0v) is 20.5. The van der Waals surface area contributed by atoms with Crippen LogP contribution in [0, 0.1) is 13.8 Å². The summed E-state index contributed by atoms with van der Waals surface area (Å²) in [6.45, 7) is 8.11. The van der Waals surface area contributed by atoms with Gasteiger partial charge in [0, 0.05) is 22.4 Å². The molecule has 5 rings (SSSR count). The fourth-order valence-electron chi connectivity index (χ4n) is 3.73. The fourth-order valence-corrected chi connectivity index (χ4v) is 6.65. The van der Waals surface area contributed by atoms with Gasteiger partial charge in [-0.1, -0.05) is 48.2 Å². The summed E-state index contributed by atoms with van der Waals surface area (Å²) < 4.78 is 1.63. The highest BCUT2D eigenvalue weighted by Gasteiger charge is 2.18. The number of hydrogen-bond donors (Lipinski definition) is 1. The van der Waals surface area contributed by atoms with E-state index in [1.54, 1.807) is 10.6 Å². The molecule has 166 valence electrons. The predicted octanol–water partition coefficient (Wildman–Crippen LogP) is 5.52. The van der Waals surface area contributed by atoms with Gasteiger partial charge in [-0.3, -0.25) is 14.2 Å². The Hall–Kier alpha value is -3.01. The van der Waals surface area contributed by atoms with E-state index in [0.29, 0.717) is 38.9 Å². The van der Waals surface area contributed by atoms with Crippen molar-refractivity contribution in [3.63, 3.8) is 0 Å². The highest BCUT2D eigenvalue weighted by molar-refractivity contribution is 7.98. The lowest BCUT2D eigenvalue weighted by molar-refractivity contribution is 0.672. The third-order valence-electron chi connectivity index (χ3n) is 5.48. The number of H-pyrrole nitrogens is 1. The number of aryl methyl sites for hydroxylation is 2. The Kier molecular flexibility index (Phi) is 5.77. The number of hydrogen-bond acceptors (Lipinski definition) is 7. The molecule has 0 saturated heterocycles. The van der Waals surface area contributed by atoms with Gasteiger partial charge in [-0.25, -0.2) is 9.97 Å². The zero-order valence-electron chi connectivity index (χ0n) is 18.0. The van der Waals surface area contributed by atoms with Crippen molar-refractivity contribution >= 4 is 54.9 Å². The quantitative estimate of drug-likeness (QED) is 0.192. The monoisotopic (exact) mass is 492 g/mol. The number of rotatable bonds is 6.